The molecule has 0 atom stereocenters. The molecule has 1 fully saturated rings. The number of carbonyl (C=O) groups is 1. The van der Waals surface area contributed by atoms with Gasteiger partial charge >= 0.3 is 0 Å². The maximum absolute atomic E-state index is 11.9. The molecular formula is C11H15NO2S. The molecule has 0 N–H and O–H groups in total. The van der Waals surface area contributed by atoms with Crippen molar-refractivity contribution in [2.45, 2.75) is 26.2 Å². The molecule has 82 valence electrons. The molecule has 1 aliphatic rings. The van der Waals surface area contributed by atoms with Crippen LogP contribution in [0.1, 0.15) is 23.5 Å². The van der Waals surface area contributed by atoms with Gasteiger partial charge in [0, 0.05) is 30.9 Å². The molecule has 0 aromatic carbocycles. The van der Waals surface area contributed by atoms with Gasteiger partial charge in [0.1, 0.15) is 5.78 Å². The largest absolute Gasteiger partial charge is 0.381 e. The van der Waals surface area contributed by atoms with E-state index in [0.29, 0.717) is 12.2 Å². The van der Waals surface area contributed by atoms with Crippen LogP contribution in [0, 0.1) is 12.8 Å². The summed E-state index contributed by atoms with van der Waals surface area (Å²) in [6.45, 7) is 3.42. The van der Waals surface area contributed by atoms with Gasteiger partial charge in [-0.25, -0.2) is 4.98 Å². The van der Waals surface area contributed by atoms with Crippen molar-refractivity contribution in [1.29, 1.82) is 0 Å². The minimum atomic E-state index is 0.195. The molecule has 0 amide bonds. The highest BCUT2D eigenvalue weighted by molar-refractivity contribution is 7.09. The maximum Gasteiger partial charge on any atom is 0.142 e. The van der Waals surface area contributed by atoms with Crippen molar-refractivity contribution in [2.24, 2.45) is 5.92 Å². The Labute approximate surface area is 93.5 Å². The Bertz CT molecular complexity index is 342. The van der Waals surface area contributed by atoms with Gasteiger partial charge in [-0.2, -0.15) is 0 Å². The molecule has 2 heterocycles. The Morgan fingerprint density at radius 1 is 1.60 bits per heavy atom. The fourth-order valence-electron chi connectivity index (χ4n) is 1.83. The summed E-state index contributed by atoms with van der Waals surface area (Å²) in [5, 5.41) is 3.01. The summed E-state index contributed by atoms with van der Waals surface area (Å²) in [5.74, 6) is 0.518. The van der Waals surface area contributed by atoms with Crippen molar-refractivity contribution in [2.75, 3.05) is 13.2 Å². The first-order valence-corrected chi connectivity index (χ1v) is 6.15. The highest BCUT2D eigenvalue weighted by atomic mass is 32.1. The fourth-order valence-corrected chi connectivity index (χ4v) is 2.44. The molecule has 0 bridgehead atoms. The molecule has 1 aliphatic heterocycles. The highest BCUT2D eigenvalue weighted by Gasteiger charge is 2.21. The van der Waals surface area contributed by atoms with E-state index in [0.717, 1.165) is 36.8 Å². The Balaban J connectivity index is 1.91. The molecule has 3 nitrogen and oxygen atoms in total. The Morgan fingerprint density at radius 3 is 2.93 bits per heavy atom. The molecule has 0 saturated carbocycles. The molecule has 0 aliphatic carbocycles. The molecule has 4 heteroatoms. The summed E-state index contributed by atoms with van der Waals surface area (Å²) in [4.78, 5) is 16.2. The van der Waals surface area contributed by atoms with Gasteiger partial charge in [-0.05, 0) is 19.8 Å². The van der Waals surface area contributed by atoms with Crippen LogP contribution in [0.2, 0.25) is 0 Å². The van der Waals surface area contributed by atoms with E-state index in [2.05, 4.69) is 4.98 Å². The third kappa shape index (κ3) is 2.86. The lowest BCUT2D eigenvalue weighted by Gasteiger charge is -2.20. The monoisotopic (exact) mass is 225 g/mol. The van der Waals surface area contributed by atoms with Gasteiger partial charge in [0.15, 0.2) is 0 Å². The summed E-state index contributed by atoms with van der Waals surface area (Å²) in [7, 11) is 0. The van der Waals surface area contributed by atoms with E-state index in [1.807, 2.05) is 12.3 Å². The summed E-state index contributed by atoms with van der Waals surface area (Å²) in [6, 6.07) is 0. The van der Waals surface area contributed by atoms with Gasteiger partial charge in [0.05, 0.1) is 10.7 Å². The van der Waals surface area contributed by atoms with Crippen molar-refractivity contribution in [3.05, 3.63) is 16.1 Å². The van der Waals surface area contributed by atoms with Gasteiger partial charge in [0.25, 0.3) is 0 Å². The first-order valence-electron chi connectivity index (χ1n) is 5.27. The van der Waals surface area contributed by atoms with Gasteiger partial charge < -0.3 is 4.74 Å². The molecule has 0 spiro atoms. The van der Waals surface area contributed by atoms with Gasteiger partial charge in [-0.3, -0.25) is 4.79 Å². The third-order valence-corrected chi connectivity index (χ3v) is 3.52. The van der Waals surface area contributed by atoms with Crippen molar-refractivity contribution in [3.8, 4) is 0 Å². The summed E-state index contributed by atoms with van der Waals surface area (Å²) in [5.41, 5.74) is 0.925. The van der Waals surface area contributed by atoms with Crippen LogP contribution < -0.4 is 0 Å². The third-order valence-electron chi connectivity index (χ3n) is 2.70. The van der Waals surface area contributed by atoms with Crippen LogP contribution in [-0.2, 0) is 16.0 Å². The number of ketones is 1. The van der Waals surface area contributed by atoms with Crippen molar-refractivity contribution in [3.63, 3.8) is 0 Å². The molecule has 2 rings (SSSR count). The first-order chi connectivity index (χ1) is 7.25. The van der Waals surface area contributed by atoms with Crippen molar-refractivity contribution < 1.29 is 9.53 Å². The van der Waals surface area contributed by atoms with Crippen LogP contribution in [0.5, 0.6) is 0 Å². The van der Waals surface area contributed by atoms with E-state index < -0.39 is 0 Å². The fraction of sp³-hybridized carbons (Fsp3) is 0.636. The minimum absolute atomic E-state index is 0.195. The Morgan fingerprint density at radius 2 is 2.33 bits per heavy atom. The molecule has 0 unspecified atom stereocenters. The summed E-state index contributed by atoms with van der Waals surface area (Å²) >= 11 is 1.61. The molecular weight excluding hydrogens is 210 g/mol. The summed E-state index contributed by atoms with van der Waals surface area (Å²) < 4.78 is 5.24. The zero-order valence-electron chi connectivity index (χ0n) is 8.86. The predicted molar refractivity (Wildman–Crippen MR) is 59.1 cm³/mol. The topological polar surface area (TPSA) is 39.2 Å². The zero-order valence-corrected chi connectivity index (χ0v) is 9.68. The van der Waals surface area contributed by atoms with Gasteiger partial charge in [-0.15, -0.1) is 11.3 Å². The Hall–Kier alpha value is -0.740. The molecule has 1 aromatic rings. The normalized spacial score (nSPS) is 17.9. The van der Waals surface area contributed by atoms with E-state index in [9.17, 15) is 4.79 Å². The first kappa shape index (κ1) is 10.8. The van der Waals surface area contributed by atoms with E-state index in [1.54, 1.807) is 11.3 Å². The second-order valence-corrected chi connectivity index (χ2v) is 4.95. The number of thiazole rings is 1. The van der Waals surface area contributed by atoms with Crippen LogP contribution in [0.15, 0.2) is 5.38 Å². The van der Waals surface area contributed by atoms with Crippen molar-refractivity contribution in [1.82, 2.24) is 4.98 Å². The number of rotatable bonds is 3. The number of nitrogens with zero attached hydrogens (tertiary/aromatic N) is 1. The van der Waals surface area contributed by atoms with E-state index in [1.165, 1.54) is 0 Å². The maximum atomic E-state index is 11.9. The van der Waals surface area contributed by atoms with E-state index in [4.69, 9.17) is 4.74 Å². The lowest BCUT2D eigenvalue weighted by atomic mass is 9.93. The standard InChI is InChI=1S/C11H15NO2S/c1-8-12-10(7-15-8)6-11(13)9-2-4-14-5-3-9/h7,9H,2-6H2,1H3. The smallest absolute Gasteiger partial charge is 0.142 e. The van der Waals surface area contributed by atoms with Gasteiger partial charge in [-0.1, -0.05) is 0 Å². The Kier molecular flexibility index (Phi) is 3.49. The number of hydrogen-bond donors (Lipinski definition) is 0. The average molecular weight is 225 g/mol. The summed E-state index contributed by atoms with van der Waals surface area (Å²) in [6.07, 6.45) is 2.25. The second kappa shape index (κ2) is 4.86. The lowest BCUT2D eigenvalue weighted by molar-refractivity contribution is -0.125. The lowest BCUT2D eigenvalue weighted by Crippen LogP contribution is -2.24. The minimum Gasteiger partial charge on any atom is -0.381 e. The van der Waals surface area contributed by atoms with Crippen molar-refractivity contribution >= 4 is 17.1 Å². The number of aryl methyl sites for hydroxylation is 1. The second-order valence-electron chi connectivity index (χ2n) is 3.89. The molecule has 0 radical (unpaired) electrons. The number of hydrogen-bond acceptors (Lipinski definition) is 4. The van der Waals surface area contributed by atoms with Crippen LogP contribution in [0.25, 0.3) is 0 Å². The SMILES string of the molecule is Cc1nc(CC(=O)C2CCOCC2)cs1. The average Bonchev–Trinajstić information content (AvgIpc) is 2.65. The number of carbonyl (C=O) groups excluding carboxylic acids is 1. The van der Waals surface area contributed by atoms with Crippen LogP contribution in [-0.4, -0.2) is 24.0 Å². The molecule has 15 heavy (non-hydrogen) atoms. The highest BCUT2D eigenvalue weighted by Crippen LogP contribution is 2.18. The van der Waals surface area contributed by atoms with E-state index >= 15 is 0 Å². The quantitative estimate of drug-likeness (QED) is 0.789. The predicted octanol–water partition coefficient (Wildman–Crippen LogP) is 1.99. The zero-order chi connectivity index (χ0) is 10.7. The number of ether oxygens (including phenoxy) is 1. The molecule has 1 saturated heterocycles. The van der Waals surface area contributed by atoms with Crippen LogP contribution >= 0.6 is 11.3 Å². The van der Waals surface area contributed by atoms with Crippen LogP contribution in [0.3, 0.4) is 0 Å². The van der Waals surface area contributed by atoms with Crippen LogP contribution in [0.4, 0.5) is 0 Å². The van der Waals surface area contributed by atoms with Gasteiger partial charge in [0.2, 0.25) is 0 Å². The number of Topliss-reactive ketones (excluding diaryl/α,β-unsaturated/α-hetero) is 1. The number of aromatic nitrogens is 1. The molecule has 1 aromatic heterocycles. The van der Waals surface area contributed by atoms with E-state index in [-0.39, 0.29) is 5.92 Å².